The van der Waals surface area contributed by atoms with Crippen molar-refractivity contribution in [1.82, 2.24) is 5.32 Å². The summed E-state index contributed by atoms with van der Waals surface area (Å²) in [6, 6.07) is 12.6. The van der Waals surface area contributed by atoms with Crippen molar-refractivity contribution >= 4 is 23.3 Å². The standard InChI is InChI=1S/C25H31N3O4/c1-25(2,3)32-24(30)17-7-9-18(10-8-17)27-23(29)22-20-5-4-6-21(19(20)11-12-26-22)28-13-15-31-16-14-28/h4-10,22,26H,11-16H2,1-3H3,(H,27,29)/t22-/m1/s1. The largest absolute Gasteiger partial charge is 0.456 e. The first-order chi connectivity index (χ1) is 15.3. The number of morpholine rings is 1. The molecule has 2 N–H and O–H groups in total. The van der Waals surface area contributed by atoms with Crippen molar-refractivity contribution < 1.29 is 19.1 Å². The van der Waals surface area contributed by atoms with E-state index in [1.165, 1.54) is 11.3 Å². The van der Waals surface area contributed by atoms with Crippen LogP contribution in [0.15, 0.2) is 42.5 Å². The lowest BCUT2D eigenvalue weighted by molar-refractivity contribution is -0.118. The molecule has 0 unspecified atom stereocenters. The number of amides is 1. The van der Waals surface area contributed by atoms with Crippen molar-refractivity contribution in [2.75, 3.05) is 43.1 Å². The molecule has 170 valence electrons. The number of nitrogens with zero attached hydrogens (tertiary/aromatic N) is 1. The van der Waals surface area contributed by atoms with Gasteiger partial charge in [-0.2, -0.15) is 0 Å². The molecule has 0 saturated carbocycles. The summed E-state index contributed by atoms with van der Waals surface area (Å²) in [5, 5.41) is 6.33. The minimum Gasteiger partial charge on any atom is -0.456 e. The van der Waals surface area contributed by atoms with E-state index in [1.807, 2.05) is 32.9 Å². The summed E-state index contributed by atoms with van der Waals surface area (Å²) in [5.41, 5.74) is 3.99. The highest BCUT2D eigenvalue weighted by atomic mass is 16.6. The Morgan fingerprint density at radius 3 is 2.50 bits per heavy atom. The van der Waals surface area contributed by atoms with Gasteiger partial charge in [-0.25, -0.2) is 4.79 Å². The van der Waals surface area contributed by atoms with Gasteiger partial charge in [0.1, 0.15) is 11.6 Å². The number of carbonyl (C=O) groups excluding carboxylic acids is 2. The summed E-state index contributed by atoms with van der Waals surface area (Å²) in [4.78, 5) is 27.7. The van der Waals surface area contributed by atoms with Crippen molar-refractivity contribution in [3.8, 4) is 0 Å². The third-order valence-corrected chi connectivity index (χ3v) is 5.62. The fraction of sp³-hybridized carbons (Fsp3) is 0.440. The molecule has 2 aliphatic heterocycles. The molecule has 2 aromatic carbocycles. The number of fused-ring (bicyclic) bond motifs is 1. The number of nitrogens with one attached hydrogen (secondary N) is 2. The zero-order chi connectivity index (χ0) is 22.7. The second kappa shape index (κ2) is 9.30. The quantitative estimate of drug-likeness (QED) is 0.715. The molecule has 32 heavy (non-hydrogen) atoms. The van der Waals surface area contributed by atoms with Crippen LogP contribution >= 0.6 is 0 Å². The first kappa shape index (κ1) is 22.3. The average Bonchev–Trinajstić information content (AvgIpc) is 2.78. The van der Waals surface area contributed by atoms with Crippen LogP contribution in [0, 0.1) is 0 Å². The van der Waals surface area contributed by atoms with Gasteiger partial charge in [0.15, 0.2) is 0 Å². The second-order valence-corrected chi connectivity index (χ2v) is 9.15. The number of rotatable bonds is 4. The van der Waals surface area contributed by atoms with E-state index in [4.69, 9.17) is 9.47 Å². The van der Waals surface area contributed by atoms with Crippen molar-refractivity contribution in [2.45, 2.75) is 38.8 Å². The highest BCUT2D eigenvalue weighted by Crippen LogP contribution is 2.32. The Morgan fingerprint density at radius 2 is 1.81 bits per heavy atom. The van der Waals surface area contributed by atoms with Gasteiger partial charge in [-0.05, 0) is 68.7 Å². The third-order valence-electron chi connectivity index (χ3n) is 5.62. The molecule has 1 fully saturated rings. The number of benzene rings is 2. The maximum atomic E-state index is 13.1. The smallest absolute Gasteiger partial charge is 0.338 e. The predicted octanol–water partition coefficient (Wildman–Crippen LogP) is 3.30. The summed E-state index contributed by atoms with van der Waals surface area (Å²) in [5.74, 6) is -0.496. The van der Waals surface area contributed by atoms with Gasteiger partial charge in [0.25, 0.3) is 0 Å². The summed E-state index contributed by atoms with van der Waals surface area (Å²) >= 11 is 0. The van der Waals surface area contributed by atoms with Gasteiger partial charge in [-0.15, -0.1) is 0 Å². The van der Waals surface area contributed by atoms with E-state index in [9.17, 15) is 9.59 Å². The highest BCUT2D eigenvalue weighted by Gasteiger charge is 2.29. The lowest BCUT2D eigenvalue weighted by Gasteiger charge is -2.34. The number of ether oxygens (including phenoxy) is 2. The molecule has 7 nitrogen and oxygen atoms in total. The maximum Gasteiger partial charge on any atom is 0.338 e. The second-order valence-electron chi connectivity index (χ2n) is 9.15. The SMILES string of the molecule is CC(C)(C)OC(=O)c1ccc(NC(=O)[C@@H]2NCCc3c2cccc3N2CCOCC2)cc1. The number of esters is 1. The molecule has 7 heteroatoms. The van der Waals surface area contributed by atoms with Crippen molar-refractivity contribution in [2.24, 2.45) is 0 Å². The average molecular weight is 438 g/mol. The predicted molar refractivity (Wildman–Crippen MR) is 124 cm³/mol. The van der Waals surface area contributed by atoms with Crippen molar-refractivity contribution in [1.29, 1.82) is 0 Å². The summed E-state index contributed by atoms with van der Waals surface area (Å²) in [6.07, 6.45) is 0.886. The number of hydrogen-bond acceptors (Lipinski definition) is 6. The number of hydrogen-bond donors (Lipinski definition) is 2. The van der Waals surface area contributed by atoms with Gasteiger partial charge in [0, 0.05) is 31.0 Å². The van der Waals surface area contributed by atoms with Crippen LogP contribution in [0.5, 0.6) is 0 Å². The molecular weight excluding hydrogens is 406 g/mol. The van der Waals surface area contributed by atoms with Crippen LogP contribution in [0.3, 0.4) is 0 Å². The monoisotopic (exact) mass is 437 g/mol. The van der Waals surface area contributed by atoms with Gasteiger partial charge < -0.3 is 25.0 Å². The van der Waals surface area contributed by atoms with Crippen molar-refractivity contribution in [3.05, 3.63) is 59.2 Å². The Balaban J connectivity index is 1.48. The van der Waals surface area contributed by atoms with Gasteiger partial charge >= 0.3 is 5.97 Å². The Labute approximate surface area is 189 Å². The van der Waals surface area contributed by atoms with E-state index in [-0.39, 0.29) is 11.9 Å². The van der Waals surface area contributed by atoms with Crippen molar-refractivity contribution in [3.63, 3.8) is 0 Å². The third kappa shape index (κ3) is 5.11. The normalized spacial score (nSPS) is 18.6. The zero-order valence-electron chi connectivity index (χ0n) is 18.9. The highest BCUT2D eigenvalue weighted by molar-refractivity contribution is 5.97. The molecule has 0 spiro atoms. The van der Waals surface area contributed by atoms with E-state index in [1.54, 1.807) is 24.3 Å². The Hall–Kier alpha value is -2.90. The minimum atomic E-state index is -0.552. The molecule has 1 amide bonds. The molecule has 0 aliphatic carbocycles. The first-order valence-electron chi connectivity index (χ1n) is 11.1. The van der Waals surface area contributed by atoms with Gasteiger partial charge in [-0.3, -0.25) is 4.79 Å². The molecule has 0 aromatic heterocycles. The van der Waals surface area contributed by atoms with Crippen LogP contribution in [0.25, 0.3) is 0 Å². The number of carbonyl (C=O) groups is 2. The van der Waals surface area contributed by atoms with Gasteiger partial charge in [-0.1, -0.05) is 12.1 Å². The lowest BCUT2D eigenvalue weighted by atomic mass is 9.91. The van der Waals surface area contributed by atoms with E-state index >= 15 is 0 Å². The van der Waals surface area contributed by atoms with Crippen LogP contribution in [0.2, 0.25) is 0 Å². The van der Waals surface area contributed by atoms with Crippen LogP contribution in [0.1, 0.15) is 48.3 Å². The van der Waals surface area contributed by atoms with Crippen LogP contribution in [-0.4, -0.2) is 50.3 Å². The van der Waals surface area contributed by atoms with Gasteiger partial charge in [0.2, 0.25) is 5.91 Å². The van der Waals surface area contributed by atoms with E-state index in [0.717, 1.165) is 44.8 Å². The maximum absolute atomic E-state index is 13.1. The molecule has 1 atom stereocenters. The minimum absolute atomic E-state index is 0.116. The first-order valence-corrected chi connectivity index (χ1v) is 11.1. The van der Waals surface area contributed by atoms with E-state index < -0.39 is 11.6 Å². The molecular formula is C25H31N3O4. The van der Waals surface area contributed by atoms with Crippen LogP contribution in [-0.2, 0) is 20.7 Å². The molecule has 4 rings (SSSR count). The molecule has 1 saturated heterocycles. The summed E-state index contributed by atoms with van der Waals surface area (Å²) < 4.78 is 10.9. The Bertz CT molecular complexity index is 976. The zero-order valence-corrected chi connectivity index (χ0v) is 18.9. The van der Waals surface area contributed by atoms with Crippen LogP contribution < -0.4 is 15.5 Å². The lowest BCUT2D eigenvalue weighted by Crippen LogP contribution is -2.41. The molecule has 2 heterocycles. The van der Waals surface area contributed by atoms with E-state index in [0.29, 0.717) is 11.3 Å². The summed E-state index contributed by atoms with van der Waals surface area (Å²) in [7, 11) is 0. The Morgan fingerprint density at radius 1 is 1.09 bits per heavy atom. The number of anilines is 2. The fourth-order valence-corrected chi connectivity index (χ4v) is 4.16. The molecule has 0 radical (unpaired) electrons. The fourth-order valence-electron chi connectivity index (χ4n) is 4.16. The Kier molecular flexibility index (Phi) is 6.48. The summed E-state index contributed by atoms with van der Waals surface area (Å²) in [6.45, 7) is 9.42. The topological polar surface area (TPSA) is 79.9 Å². The molecule has 0 bridgehead atoms. The molecule has 2 aliphatic rings. The molecule has 2 aromatic rings. The van der Waals surface area contributed by atoms with E-state index in [2.05, 4.69) is 21.6 Å². The van der Waals surface area contributed by atoms with Crippen LogP contribution in [0.4, 0.5) is 11.4 Å². The van der Waals surface area contributed by atoms with Gasteiger partial charge in [0.05, 0.1) is 18.8 Å².